The summed E-state index contributed by atoms with van der Waals surface area (Å²) in [4.78, 5) is 19.0. The van der Waals surface area contributed by atoms with E-state index in [1.165, 1.54) is 0 Å². The van der Waals surface area contributed by atoms with Gasteiger partial charge in [-0.3, -0.25) is 4.79 Å². The van der Waals surface area contributed by atoms with Gasteiger partial charge < -0.3 is 15.2 Å². The van der Waals surface area contributed by atoms with Gasteiger partial charge in [0, 0.05) is 19.1 Å². The van der Waals surface area contributed by atoms with Crippen molar-refractivity contribution in [1.29, 1.82) is 0 Å². The summed E-state index contributed by atoms with van der Waals surface area (Å²) in [5.74, 6) is 1.90. The van der Waals surface area contributed by atoms with Gasteiger partial charge in [-0.2, -0.15) is 11.8 Å². The van der Waals surface area contributed by atoms with Gasteiger partial charge in [0.1, 0.15) is 12.4 Å². The van der Waals surface area contributed by atoms with Crippen molar-refractivity contribution < 1.29 is 4.79 Å². The van der Waals surface area contributed by atoms with Gasteiger partial charge in [0.15, 0.2) is 0 Å². The highest BCUT2D eigenvalue weighted by molar-refractivity contribution is 7.97. The van der Waals surface area contributed by atoms with Gasteiger partial charge in [0.05, 0.1) is 16.8 Å². The second-order valence-corrected chi connectivity index (χ2v) is 6.29. The van der Waals surface area contributed by atoms with Crippen molar-refractivity contribution in [3.8, 4) is 0 Å². The number of benzene rings is 1. The standard InChI is InChI=1S/C15H20N4OS.2ClH/c1-21-10-14-17-12-4-2-3-5-13(12)19(14)9-15(20)18-7-6-11(16)8-18;;/h2-5,11H,6-10,16H2,1H3;2*1H/t11-;;/m1../s1. The maximum absolute atomic E-state index is 12.5. The van der Waals surface area contributed by atoms with E-state index in [0.29, 0.717) is 13.1 Å². The number of hydrogen-bond acceptors (Lipinski definition) is 4. The zero-order valence-corrected chi connectivity index (χ0v) is 15.4. The average Bonchev–Trinajstić information content (AvgIpc) is 3.05. The molecule has 0 radical (unpaired) electrons. The first-order chi connectivity index (χ1) is 10.2. The van der Waals surface area contributed by atoms with Crippen molar-refractivity contribution in [2.75, 3.05) is 19.3 Å². The van der Waals surface area contributed by atoms with Crippen LogP contribution in [-0.4, -0.2) is 45.7 Å². The van der Waals surface area contributed by atoms with Crippen molar-refractivity contribution in [3.63, 3.8) is 0 Å². The Balaban J connectivity index is 0.00000132. The Morgan fingerprint density at radius 1 is 1.39 bits per heavy atom. The van der Waals surface area contributed by atoms with Crippen LogP contribution in [0.2, 0.25) is 0 Å². The molecule has 1 amide bonds. The Labute approximate surface area is 152 Å². The molecule has 0 aliphatic carbocycles. The van der Waals surface area contributed by atoms with Crippen LogP contribution in [0, 0.1) is 0 Å². The number of nitrogens with zero attached hydrogens (tertiary/aromatic N) is 3. The molecule has 1 aromatic heterocycles. The molecule has 8 heteroatoms. The van der Waals surface area contributed by atoms with Crippen molar-refractivity contribution in [1.82, 2.24) is 14.5 Å². The van der Waals surface area contributed by atoms with Gasteiger partial charge in [-0.15, -0.1) is 24.8 Å². The van der Waals surface area contributed by atoms with Gasteiger partial charge in [-0.05, 0) is 24.8 Å². The number of rotatable bonds is 4. The lowest BCUT2D eigenvalue weighted by Gasteiger charge is -2.17. The topological polar surface area (TPSA) is 64.2 Å². The monoisotopic (exact) mass is 376 g/mol. The second kappa shape index (κ2) is 8.78. The van der Waals surface area contributed by atoms with Crippen LogP contribution in [0.1, 0.15) is 12.2 Å². The molecule has 1 aliphatic rings. The minimum atomic E-state index is 0. The van der Waals surface area contributed by atoms with Crippen LogP contribution in [0.5, 0.6) is 0 Å². The smallest absolute Gasteiger partial charge is 0.242 e. The maximum Gasteiger partial charge on any atom is 0.242 e. The van der Waals surface area contributed by atoms with Crippen LogP contribution in [0.4, 0.5) is 0 Å². The molecule has 3 rings (SSSR count). The molecule has 2 aromatic rings. The van der Waals surface area contributed by atoms with Crippen LogP contribution < -0.4 is 5.73 Å². The summed E-state index contributed by atoms with van der Waals surface area (Å²) >= 11 is 1.72. The highest BCUT2D eigenvalue weighted by Gasteiger charge is 2.24. The first kappa shape index (κ1) is 20.1. The lowest BCUT2D eigenvalue weighted by Crippen LogP contribution is -2.34. The second-order valence-electron chi connectivity index (χ2n) is 5.42. The van der Waals surface area contributed by atoms with E-state index < -0.39 is 0 Å². The number of likely N-dealkylation sites (tertiary alicyclic amines) is 1. The number of thioether (sulfide) groups is 1. The lowest BCUT2D eigenvalue weighted by atomic mass is 10.3. The van der Waals surface area contributed by atoms with E-state index in [9.17, 15) is 4.79 Å². The quantitative estimate of drug-likeness (QED) is 0.888. The van der Waals surface area contributed by atoms with Gasteiger partial charge in [0.25, 0.3) is 0 Å². The zero-order chi connectivity index (χ0) is 14.8. The third-order valence-corrected chi connectivity index (χ3v) is 4.42. The number of carbonyl (C=O) groups is 1. The molecular formula is C15H22Cl2N4OS. The van der Waals surface area contributed by atoms with E-state index in [0.717, 1.165) is 35.6 Å². The number of aromatic nitrogens is 2. The SMILES string of the molecule is CSCc1nc2ccccc2n1CC(=O)N1CC[C@@H](N)C1.Cl.Cl. The van der Waals surface area contributed by atoms with Gasteiger partial charge in [-0.25, -0.2) is 4.98 Å². The molecule has 1 saturated heterocycles. The average molecular weight is 377 g/mol. The summed E-state index contributed by atoms with van der Waals surface area (Å²) in [5.41, 5.74) is 7.87. The zero-order valence-electron chi connectivity index (χ0n) is 13.0. The van der Waals surface area contributed by atoms with E-state index in [-0.39, 0.29) is 36.8 Å². The van der Waals surface area contributed by atoms with Crippen molar-refractivity contribution in [3.05, 3.63) is 30.1 Å². The number of imidazole rings is 1. The minimum Gasteiger partial charge on any atom is -0.340 e. The molecule has 0 unspecified atom stereocenters. The number of nitrogens with two attached hydrogens (primary N) is 1. The van der Waals surface area contributed by atoms with E-state index >= 15 is 0 Å². The molecule has 0 spiro atoms. The Morgan fingerprint density at radius 3 is 2.78 bits per heavy atom. The maximum atomic E-state index is 12.5. The predicted molar refractivity (Wildman–Crippen MR) is 101 cm³/mol. The molecule has 128 valence electrons. The first-order valence-electron chi connectivity index (χ1n) is 7.15. The van der Waals surface area contributed by atoms with Gasteiger partial charge in [-0.1, -0.05) is 12.1 Å². The fraction of sp³-hybridized carbons (Fsp3) is 0.467. The van der Waals surface area contributed by atoms with E-state index in [2.05, 4.69) is 4.98 Å². The molecule has 1 aromatic carbocycles. The molecule has 1 fully saturated rings. The summed E-state index contributed by atoms with van der Waals surface area (Å²) in [6.07, 6.45) is 2.94. The van der Waals surface area contributed by atoms with E-state index in [1.807, 2.05) is 40.0 Å². The molecule has 0 saturated carbocycles. The van der Waals surface area contributed by atoms with Crippen LogP contribution in [0.3, 0.4) is 0 Å². The number of carbonyl (C=O) groups excluding carboxylic acids is 1. The summed E-state index contributed by atoms with van der Waals surface area (Å²) in [7, 11) is 0. The third kappa shape index (κ3) is 4.32. The third-order valence-electron chi connectivity index (χ3n) is 3.88. The van der Waals surface area contributed by atoms with Gasteiger partial charge in [0.2, 0.25) is 5.91 Å². The molecule has 5 nitrogen and oxygen atoms in total. The van der Waals surface area contributed by atoms with Crippen LogP contribution in [0.25, 0.3) is 11.0 Å². The molecule has 1 aliphatic heterocycles. The number of halogens is 2. The largest absolute Gasteiger partial charge is 0.340 e. The van der Waals surface area contributed by atoms with Crippen LogP contribution in [0.15, 0.2) is 24.3 Å². The number of hydrogen-bond donors (Lipinski definition) is 1. The number of fused-ring (bicyclic) bond motifs is 1. The summed E-state index contributed by atoms with van der Waals surface area (Å²) < 4.78 is 2.04. The normalized spacial score (nSPS) is 17.0. The Kier molecular flexibility index (Phi) is 7.67. The van der Waals surface area contributed by atoms with E-state index in [4.69, 9.17) is 5.73 Å². The lowest BCUT2D eigenvalue weighted by molar-refractivity contribution is -0.130. The Morgan fingerprint density at radius 2 is 2.13 bits per heavy atom. The fourth-order valence-electron chi connectivity index (χ4n) is 2.79. The molecule has 1 atom stereocenters. The summed E-state index contributed by atoms with van der Waals surface area (Å²) in [6, 6.07) is 8.10. The molecule has 23 heavy (non-hydrogen) atoms. The first-order valence-corrected chi connectivity index (χ1v) is 8.55. The van der Waals surface area contributed by atoms with Crippen molar-refractivity contribution in [2.24, 2.45) is 5.73 Å². The predicted octanol–water partition coefficient (Wildman–Crippen LogP) is 2.30. The number of para-hydroxylation sites is 2. The van der Waals surface area contributed by atoms with Crippen molar-refractivity contribution in [2.45, 2.75) is 24.8 Å². The molecular weight excluding hydrogens is 355 g/mol. The highest BCUT2D eigenvalue weighted by Crippen LogP contribution is 2.19. The Bertz CT molecular complexity index is 664. The van der Waals surface area contributed by atoms with Crippen LogP contribution >= 0.6 is 36.6 Å². The highest BCUT2D eigenvalue weighted by atomic mass is 35.5. The van der Waals surface area contributed by atoms with Crippen LogP contribution in [-0.2, 0) is 17.1 Å². The summed E-state index contributed by atoms with van der Waals surface area (Å²) in [5, 5.41) is 0. The van der Waals surface area contributed by atoms with Crippen molar-refractivity contribution >= 4 is 53.5 Å². The molecule has 2 heterocycles. The minimum absolute atomic E-state index is 0. The molecule has 2 N–H and O–H groups in total. The Hall–Kier alpha value is -0.950. The number of amides is 1. The fourth-order valence-corrected chi connectivity index (χ4v) is 3.27. The van der Waals surface area contributed by atoms with E-state index in [1.54, 1.807) is 11.8 Å². The summed E-state index contributed by atoms with van der Waals surface area (Å²) in [6.45, 7) is 1.79. The molecule has 0 bridgehead atoms. The van der Waals surface area contributed by atoms with Gasteiger partial charge >= 0.3 is 0 Å².